The van der Waals surface area contributed by atoms with E-state index in [-0.39, 0.29) is 24.8 Å². The minimum absolute atomic E-state index is 0.0306. The van der Waals surface area contributed by atoms with Crippen LogP contribution in [-0.2, 0) is 13.1 Å². The molecule has 35 heavy (non-hydrogen) atoms. The summed E-state index contributed by atoms with van der Waals surface area (Å²) < 4.78 is 4.28. The summed E-state index contributed by atoms with van der Waals surface area (Å²) in [5, 5.41) is 0.953. The molecule has 10 nitrogen and oxygen atoms in total. The predicted molar refractivity (Wildman–Crippen MR) is 135 cm³/mol. The molecule has 0 unspecified atom stereocenters. The van der Waals surface area contributed by atoms with Crippen LogP contribution in [0.15, 0.2) is 33.9 Å². The predicted octanol–water partition coefficient (Wildman–Crippen LogP) is 1.22. The number of nitrogens with zero attached hydrogens (tertiary/aromatic N) is 7. The molecule has 0 saturated carbocycles. The topological polar surface area (TPSA) is 116 Å². The van der Waals surface area contributed by atoms with Gasteiger partial charge in [-0.05, 0) is 45.7 Å². The zero-order chi connectivity index (χ0) is 24.7. The standard InChI is InChI=1S/C25H28N8O2/c1-4-5-11-32-24(30-10-6-7-18(26)14-30)29-22-13-23(34)31(25(35)33(22)32)15-21-27-17(3)19-12-16(2)8-9-20(19)28-21/h8-9,12-13,18H,6-7,10-11,14-15,26H2,1-3H3/t18-/m1/s1. The Hall–Kier alpha value is -3.97. The number of rotatable bonds is 4. The second-order valence-electron chi connectivity index (χ2n) is 9.01. The Kier molecular flexibility index (Phi) is 5.86. The van der Waals surface area contributed by atoms with Crippen LogP contribution in [0.1, 0.15) is 36.8 Å². The maximum absolute atomic E-state index is 13.6. The Morgan fingerprint density at radius 1 is 1.14 bits per heavy atom. The first-order valence-electron chi connectivity index (χ1n) is 11.7. The van der Waals surface area contributed by atoms with E-state index in [0.29, 0.717) is 18.3 Å². The summed E-state index contributed by atoms with van der Waals surface area (Å²) in [5.74, 6) is 6.89. The van der Waals surface area contributed by atoms with Crippen molar-refractivity contribution in [2.24, 2.45) is 5.73 Å². The summed E-state index contributed by atoms with van der Waals surface area (Å²) in [5.41, 5.74) is 8.21. The molecule has 0 bridgehead atoms. The van der Waals surface area contributed by atoms with Gasteiger partial charge in [-0.25, -0.2) is 19.4 Å². The largest absolute Gasteiger partial charge is 0.352 e. The molecule has 0 aliphatic carbocycles. The van der Waals surface area contributed by atoms with Gasteiger partial charge in [-0.1, -0.05) is 17.6 Å². The van der Waals surface area contributed by atoms with Gasteiger partial charge in [0.15, 0.2) is 5.65 Å². The van der Waals surface area contributed by atoms with E-state index in [9.17, 15) is 9.59 Å². The van der Waals surface area contributed by atoms with Gasteiger partial charge in [-0.15, -0.1) is 5.92 Å². The fraction of sp³-hybridized carbons (Fsp3) is 0.400. The molecular formula is C25H28N8O2. The molecule has 180 valence electrons. The molecule has 3 aromatic heterocycles. The van der Waals surface area contributed by atoms with E-state index in [2.05, 4.69) is 31.7 Å². The van der Waals surface area contributed by atoms with E-state index in [1.807, 2.05) is 32.0 Å². The lowest BCUT2D eigenvalue weighted by molar-refractivity contribution is 0.485. The highest BCUT2D eigenvalue weighted by molar-refractivity contribution is 5.81. The average Bonchev–Trinajstić information content (AvgIpc) is 3.19. The smallest absolute Gasteiger partial charge is 0.339 e. The third-order valence-corrected chi connectivity index (χ3v) is 6.37. The van der Waals surface area contributed by atoms with Crippen molar-refractivity contribution in [3.05, 3.63) is 62.2 Å². The van der Waals surface area contributed by atoms with E-state index in [1.165, 1.54) is 10.6 Å². The highest BCUT2D eigenvalue weighted by atomic mass is 16.2. The summed E-state index contributed by atoms with van der Waals surface area (Å²) in [6.45, 7) is 7.29. The van der Waals surface area contributed by atoms with Crippen LogP contribution in [0.25, 0.3) is 16.6 Å². The van der Waals surface area contributed by atoms with Crippen LogP contribution in [0.2, 0.25) is 0 Å². The van der Waals surface area contributed by atoms with E-state index in [1.54, 1.807) is 11.6 Å². The molecule has 0 spiro atoms. The first-order chi connectivity index (χ1) is 16.9. The van der Waals surface area contributed by atoms with Crippen LogP contribution in [0.5, 0.6) is 0 Å². The molecule has 4 aromatic rings. The van der Waals surface area contributed by atoms with Crippen molar-refractivity contribution < 1.29 is 0 Å². The number of benzene rings is 1. The second kappa shape index (κ2) is 9.00. The number of fused-ring (bicyclic) bond motifs is 2. The van der Waals surface area contributed by atoms with Crippen LogP contribution in [0.3, 0.4) is 0 Å². The average molecular weight is 473 g/mol. The minimum Gasteiger partial charge on any atom is -0.339 e. The normalized spacial score (nSPS) is 16.0. The number of hydrogen-bond acceptors (Lipinski definition) is 7. The van der Waals surface area contributed by atoms with Gasteiger partial charge in [-0.2, -0.15) is 9.50 Å². The first kappa shape index (κ1) is 22.8. The molecule has 1 fully saturated rings. The fourth-order valence-corrected chi connectivity index (χ4v) is 4.65. The molecule has 1 aliphatic rings. The highest BCUT2D eigenvalue weighted by Crippen LogP contribution is 2.20. The van der Waals surface area contributed by atoms with Crippen LogP contribution < -0.4 is 21.9 Å². The lowest BCUT2D eigenvalue weighted by atomic mass is 10.1. The lowest BCUT2D eigenvalue weighted by Gasteiger charge is -2.31. The summed E-state index contributed by atoms with van der Waals surface area (Å²) in [4.78, 5) is 42.5. The van der Waals surface area contributed by atoms with Crippen molar-refractivity contribution in [2.45, 2.75) is 52.7 Å². The second-order valence-corrected chi connectivity index (χ2v) is 9.01. The van der Waals surface area contributed by atoms with Gasteiger partial charge < -0.3 is 10.6 Å². The van der Waals surface area contributed by atoms with Gasteiger partial charge in [0.05, 0.1) is 12.1 Å². The first-order valence-corrected chi connectivity index (χ1v) is 11.7. The number of hydrogen-bond donors (Lipinski definition) is 1. The maximum atomic E-state index is 13.6. The van der Waals surface area contributed by atoms with Crippen LogP contribution in [0, 0.1) is 25.7 Å². The Morgan fingerprint density at radius 2 is 1.97 bits per heavy atom. The van der Waals surface area contributed by atoms with Crippen LogP contribution in [-0.4, -0.2) is 47.8 Å². The zero-order valence-corrected chi connectivity index (χ0v) is 20.2. The monoisotopic (exact) mass is 472 g/mol. The fourth-order valence-electron chi connectivity index (χ4n) is 4.65. The molecule has 1 aromatic carbocycles. The van der Waals surface area contributed by atoms with E-state index < -0.39 is 11.2 Å². The molecule has 0 radical (unpaired) electrons. The molecule has 1 atom stereocenters. The van der Waals surface area contributed by atoms with Crippen LogP contribution in [0.4, 0.5) is 5.95 Å². The number of anilines is 1. The summed E-state index contributed by atoms with van der Waals surface area (Å²) in [6.07, 6.45) is 1.88. The number of aryl methyl sites for hydroxylation is 2. The van der Waals surface area contributed by atoms with Crippen molar-refractivity contribution in [1.29, 1.82) is 0 Å². The summed E-state index contributed by atoms with van der Waals surface area (Å²) in [7, 11) is 0. The third-order valence-electron chi connectivity index (χ3n) is 6.37. The Balaban J connectivity index is 1.63. The van der Waals surface area contributed by atoms with Gasteiger partial charge in [0.25, 0.3) is 5.56 Å². The van der Waals surface area contributed by atoms with Gasteiger partial charge in [0.2, 0.25) is 5.95 Å². The quantitative estimate of drug-likeness (QED) is 0.444. The molecule has 5 rings (SSSR count). The van der Waals surface area contributed by atoms with Crippen LogP contribution >= 0.6 is 0 Å². The third kappa shape index (κ3) is 4.19. The highest BCUT2D eigenvalue weighted by Gasteiger charge is 2.24. The Morgan fingerprint density at radius 3 is 2.74 bits per heavy atom. The number of aromatic nitrogens is 6. The molecule has 10 heteroatoms. The van der Waals surface area contributed by atoms with E-state index in [4.69, 9.17) is 5.73 Å². The molecule has 2 N–H and O–H groups in total. The van der Waals surface area contributed by atoms with Crippen molar-refractivity contribution in [3.63, 3.8) is 0 Å². The molecule has 1 aliphatic heterocycles. The van der Waals surface area contributed by atoms with Gasteiger partial charge in [-0.3, -0.25) is 9.36 Å². The SMILES string of the molecule is CC#CCn1c(N2CCC[C@@H](N)C2)nc2cc(=O)n(Cc3nc(C)c4cc(C)ccc4n3)c(=O)n21. The maximum Gasteiger partial charge on any atom is 0.352 e. The van der Waals surface area contributed by atoms with E-state index >= 15 is 0 Å². The van der Waals surface area contributed by atoms with Crippen molar-refractivity contribution in [3.8, 4) is 11.8 Å². The molecule has 4 heterocycles. The summed E-state index contributed by atoms with van der Waals surface area (Å²) in [6, 6.07) is 7.34. The lowest BCUT2D eigenvalue weighted by Crippen LogP contribution is -2.44. The Labute approximate surface area is 202 Å². The molecule has 1 saturated heterocycles. The number of piperidine rings is 1. The van der Waals surface area contributed by atoms with Crippen molar-refractivity contribution in [1.82, 2.24) is 28.7 Å². The molecular weight excluding hydrogens is 444 g/mol. The van der Waals surface area contributed by atoms with Gasteiger partial charge >= 0.3 is 5.69 Å². The van der Waals surface area contributed by atoms with Gasteiger partial charge in [0.1, 0.15) is 12.4 Å². The minimum atomic E-state index is -0.504. The van der Waals surface area contributed by atoms with Crippen molar-refractivity contribution >= 4 is 22.5 Å². The van der Waals surface area contributed by atoms with Crippen molar-refractivity contribution in [2.75, 3.05) is 18.0 Å². The van der Waals surface area contributed by atoms with E-state index in [0.717, 1.165) is 46.1 Å². The molecule has 0 amide bonds. The summed E-state index contributed by atoms with van der Waals surface area (Å²) >= 11 is 0. The number of nitrogens with two attached hydrogens (primary N) is 1. The zero-order valence-electron chi connectivity index (χ0n) is 20.2. The van der Waals surface area contributed by atoms with Gasteiger partial charge in [0, 0.05) is 36.3 Å². The Bertz CT molecular complexity index is 1620.